The van der Waals surface area contributed by atoms with Crippen molar-refractivity contribution in [3.8, 4) is 0 Å². The second-order valence-electron chi connectivity index (χ2n) is 16.8. The lowest BCUT2D eigenvalue weighted by atomic mass is 9.48. The zero-order chi connectivity index (χ0) is 61.1. The van der Waals surface area contributed by atoms with E-state index < -0.39 is 62.2 Å². The number of carbonyl (C=O) groups excluding carboxylic acids is 2. The van der Waals surface area contributed by atoms with Crippen LogP contribution in [0.2, 0.25) is 0 Å². The molecule has 4 aliphatic rings. The predicted octanol–water partition coefficient (Wildman–Crippen LogP) is 16.7. The molecule has 6 aromatic rings. The van der Waals surface area contributed by atoms with Crippen molar-refractivity contribution in [3.63, 3.8) is 0 Å². The maximum absolute atomic E-state index is 13.6. The smallest absolute Gasteiger partial charge is 0.428 e. The number of esters is 2. The molecule has 10 nitrogen and oxygen atoms in total. The molecule has 81 heavy (non-hydrogen) atoms. The number of benzene rings is 6. The van der Waals surface area contributed by atoms with Gasteiger partial charge < -0.3 is 19.3 Å². The molecule has 4 bridgehead atoms. The number of hydrogen-bond donors (Lipinski definition) is 0. The highest BCUT2D eigenvalue weighted by Crippen LogP contribution is 2.63. The molecule has 4 fully saturated rings. The number of ether oxygens (including phenoxy) is 2. The summed E-state index contributed by atoms with van der Waals surface area (Å²) >= 11 is -0.865. The van der Waals surface area contributed by atoms with Crippen molar-refractivity contribution in [2.24, 2.45) is 17.3 Å². The van der Waals surface area contributed by atoms with Crippen LogP contribution in [-0.2, 0) is 60.3 Å². The van der Waals surface area contributed by atoms with Crippen LogP contribution >= 0.6 is 12.0 Å². The van der Waals surface area contributed by atoms with Crippen LogP contribution in [0.1, 0.15) is 122 Å². The second-order valence-corrected chi connectivity index (χ2v) is 23.1. The molecule has 4 aliphatic carbocycles. The van der Waals surface area contributed by atoms with Gasteiger partial charge in [-0.15, -0.1) is 0 Å². The summed E-state index contributed by atoms with van der Waals surface area (Å²) in [7, 11) is -6.33. The summed E-state index contributed by atoms with van der Waals surface area (Å²) in [5, 5.41) is 2.88. The van der Waals surface area contributed by atoms with Crippen molar-refractivity contribution in [1.82, 2.24) is 0 Å². The van der Waals surface area contributed by atoms with Gasteiger partial charge >= 0.3 is 22.4 Å². The van der Waals surface area contributed by atoms with E-state index in [9.17, 15) is 45.4 Å². The van der Waals surface area contributed by atoms with Gasteiger partial charge in [-0.25, -0.2) is 18.0 Å². The van der Waals surface area contributed by atoms with Gasteiger partial charge in [-0.1, -0.05) is 192 Å². The van der Waals surface area contributed by atoms with E-state index in [1.807, 2.05) is 83.1 Å². The quantitative estimate of drug-likeness (QED) is 0.0184. The van der Waals surface area contributed by atoms with Crippen LogP contribution in [0, 0.1) is 17.3 Å². The van der Waals surface area contributed by atoms with Crippen molar-refractivity contribution in [2.45, 2.75) is 167 Å². The standard InChI is InChI=1S/2C18H15S.C15H18F4O10S2.6C2H6/c2*1-4-10-16(11-5-1)19(17-12-6-2-7-13-17)18-14-8-3-9-15-18;16-14(17,30-29-28-22)10(20)26-7-12-2-8-1-9(3-12)5-13(4-8,6-12)27-11(21)15(18,19)31(23,24)25;6*1-2/h2*1-15H;8-9,22H,1-7H2,(H,23,24,25);6*1-2H3/q2*+1;;;;;;;/p-2. The fourth-order valence-electron chi connectivity index (χ4n) is 9.56. The monoisotopic (exact) mass is 1200 g/mol. The van der Waals surface area contributed by atoms with Crippen LogP contribution < -0.4 is 5.26 Å². The average molecular weight is 1200 g/mol. The number of alkyl halides is 4. The Kier molecular flexibility index (Phi) is 35.2. The number of carbonyl (C=O) groups is 2. The summed E-state index contributed by atoms with van der Waals surface area (Å²) < 4.78 is 99.5. The Bertz CT molecular complexity index is 2380. The van der Waals surface area contributed by atoms with Gasteiger partial charge in [0.1, 0.15) is 17.6 Å². The first kappa shape index (κ1) is 73.8. The Morgan fingerprint density at radius 1 is 0.519 bits per heavy atom. The van der Waals surface area contributed by atoms with Crippen LogP contribution in [0.5, 0.6) is 0 Å². The van der Waals surface area contributed by atoms with Gasteiger partial charge in [0.25, 0.3) is 0 Å². The molecule has 0 N–H and O–H groups in total. The van der Waals surface area contributed by atoms with E-state index >= 15 is 0 Å². The molecule has 0 amide bonds. The van der Waals surface area contributed by atoms with E-state index in [4.69, 9.17) is 4.74 Å². The van der Waals surface area contributed by atoms with Crippen LogP contribution in [-0.4, -0.2) is 47.6 Å². The highest BCUT2D eigenvalue weighted by Gasteiger charge is 2.62. The van der Waals surface area contributed by atoms with Gasteiger partial charge in [0.05, 0.1) is 28.4 Å². The number of hydrogen-bond acceptors (Lipinski definition) is 11. The average Bonchev–Trinajstić information content (AvgIpc) is 3.67. The first-order chi connectivity index (χ1) is 39.0. The molecule has 0 heterocycles. The third kappa shape index (κ3) is 22.2. The molecule has 0 saturated heterocycles. The molecule has 0 radical (unpaired) electrons. The third-order valence-electron chi connectivity index (χ3n) is 11.8. The topological polar surface area (TPSA) is 151 Å². The molecule has 4 saturated carbocycles. The maximum Gasteiger partial charge on any atom is 0.428 e. The Hall–Kier alpha value is -5.18. The number of rotatable bonds is 15. The summed E-state index contributed by atoms with van der Waals surface area (Å²) in [5.41, 5.74) is -2.50. The minimum atomic E-state index is -6.30. The highest BCUT2D eigenvalue weighted by atomic mass is 32.2. The Morgan fingerprint density at radius 2 is 0.802 bits per heavy atom. The summed E-state index contributed by atoms with van der Waals surface area (Å²) in [4.78, 5) is 31.6. The Balaban J connectivity index is 0.000000572. The lowest BCUT2D eigenvalue weighted by Crippen LogP contribution is -2.60. The molecular formula is C63H82F4O10S4. The Morgan fingerprint density at radius 3 is 1.06 bits per heavy atom. The highest BCUT2D eigenvalue weighted by molar-refractivity contribution is 7.97. The van der Waals surface area contributed by atoms with Gasteiger partial charge in [0.15, 0.2) is 39.5 Å². The van der Waals surface area contributed by atoms with Crippen LogP contribution in [0.3, 0.4) is 0 Å². The molecule has 10 rings (SSSR count). The van der Waals surface area contributed by atoms with Crippen molar-refractivity contribution in [3.05, 3.63) is 182 Å². The van der Waals surface area contributed by atoms with Crippen LogP contribution in [0.4, 0.5) is 17.6 Å². The Labute approximate surface area is 490 Å². The van der Waals surface area contributed by atoms with E-state index in [-0.39, 0.29) is 52.9 Å². The zero-order valence-corrected chi connectivity index (χ0v) is 51.9. The van der Waals surface area contributed by atoms with E-state index in [0.717, 1.165) is 0 Å². The second kappa shape index (κ2) is 38.6. The molecule has 2 unspecified atom stereocenters. The summed E-state index contributed by atoms with van der Waals surface area (Å²) in [6, 6.07) is 64.3. The van der Waals surface area contributed by atoms with Gasteiger partial charge in [0.2, 0.25) is 0 Å². The lowest BCUT2D eigenvalue weighted by Gasteiger charge is -2.60. The van der Waals surface area contributed by atoms with E-state index in [2.05, 4.69) is 196 Å². The van der Waals surface area contributed by atoms with Crippen molar-refractivity contribution in [1.29, 1.82) is 0 Å². The third-order valence-corrected chi connectivity index (χ3v) is 17.5. The van der Waals surface area contributed by atoms with Gasteiger partial charge in [-0.2, -0.15) is 21.9 Å². The normalized spacial score (nSPS) is 17.9. The first-order valence-electron chi connectivity index (χ1n) is 27.6. The van der Waals surface area contributed by atoms with Gasteiger partial charge in [0, 0.05) is 5.41 Å². The summed E-state index contributed by atoms with van der Waals surface area (Å²) in [6.45, 7) is 23.4. The molecule has 2 atom stereocenters. The largest absolute Gasteiger partial charge is 0.743 e. The summed E-state index contributed by atoms with van der Waals surface area (Å²) in [6.07, 6.45) is 1.52. The number of halogens is 4. The molecule has 0 aromatic heterocycles. The molecule has 18 heteroatoms. The van der Waals surface area contributed by atoms with E-state index in [1.165, 1.54) is 29.4 Å². The molecule has 0 spiro atoms. The van der Waals surface area contributed by atoms with E-state index in [1.54, 1.807) is 0 Å². The SMILES string of the molecule is CC.CC.CC.CC.CC.CC.O=C(OCC12CC3CC(C1)CC(OC(=O)C(F)(F)S(=O)(=O)[O-])(C3)C2)C(F)(F)SOO[O-].c1ccc([S+](c2ccccc2)c2ccccc2)cc1.c1ccc([S+](c2ccccc2)c2ccccc2)cc1. The minimum absolute atomic E-state index is 0.0146. The maximum atomic E-state index is 13.6. The van der Waals surface area contributed by atoms with Crippen LogP contribution in [0.15, 0.2) is 211 Å². The summed E-state index contributed by atoms with van der Waals surface area (Å²) in [5.74, 6) is -4.86. The molecule has 6 aromatic carbocycles. The van der Waals surface area contributed by atoms with Crippen molar-refractivity contribution in [2.75, 3.05) is 6.61 Å². The van der Waals surface area contributed by atoms with Gasteiger partial charge in [-0.05, 0) is 123 Å². The van der Waals surface area contributed by atoms with E-state index in [0.29, 0.717) is 19.3 Å². The van der Waals surface area contributed by atoms with Gasteiger partial charge in [-0.3, -0.25) is 5.04 Å². The van der Waals surface area contributed by atoms with Crippen molar-refractivity contribution < 1.29 is 64.2 Å². The molecule has 0 aliphatic heterocycles. The molecular weight excluding hydrogens is 1120 g/mol. The van der Waals surface area contributed by atoms with Crippen molar-refractivity contribution >= 4 is 55.9 Å². The first-order valence-corrected chi connectivity index (χ1v) is 32.2. The predicted molar refractivity (Wildman–Crippen MR) is 317 cm³/mol. The fraction of sp³-hybridized carbons (Fsp3) is 0.397. The zero-order valence-electron chi connectivity index (χ0n) is 48.7. The molecule has 446 valence electrons. The minimum Gasteiger partial charge on any atom is -0.743 e. The lowest BCUT2D eigenvalue weighted by molar-refractivity contribution is -0.777. The fourth-order valence-corrected chi connectivity index (χ4v) is 14.3. The van der Waals surface area contributed by atoms with Crippen LogP contribution in [0.25, 0.3) is 0 Å².